The summed E-state index contributed by atoms with van der Waals surface area (Å²) in [6.45, 7) is 6.79. The van der Waals surface area contributed by atoms with Crippen molar-refractivity contribution in [2.75, 3.05) is 13.6 Å². The number of rotatable bonds is 6. The maximum absolute atomic E-state index is 11.6. The molecule has 3 nitrogen and oxygen atoms in total. The van der Waals surface area contributed by atoms with Crippen molar-refractivity contribution in [2.24, 2.45) is 5.92 Å². The zero-order valence-electron chi connectivity index (χ0n) is 10.4. The number of nitrogens with one attached hydrogen (secondary N) is 1. The minimum atomic E-state index is 0.201. The molecule has 1 amide bonds. The molecule has 88 valence electrons. The number of carbonyl (C=O) groups excluding carboxylic acids is 1. The van der Waals surface area contributed by atoms with Gasteiger partial charge < -0.3 is 10.2 Å². The Hall–Kier alpha value is -0.570. The van der Waals surface area contributed by atoms with Crippen LogP contribution in [0, 0.1) is 5.92 Å². The second-order valence-corrected chi connectivity index (χ2v) is 4.87. The summed E-state index contributed by atoms with van der Waals surface area (Å²) < 4.78 is 0. The highest BCUT2D eigenvalue weighted by Crippen LogP contribution is 2.34. The molecule has 0 aliphatic heterocycles. The summed E-state index contributed by atoms with van der Waals surface area (Å²) >= 11 is 0. The predicted molar refractivity (Wildman–Crippen MR) is 62.7 cm³/mol. The predicted octanol–water partition coefficient (Wildman–Crippen LogP) is 1.63. The third-order valence-corrected chi connectivity index (χ3v) is 3.27. The number of carbonyl (C=O) groups is 1. The Bertz CT molecular complexity index is 216. The molecule has 0 heterocycles. The molecule has 1 N–H and O–H groups in total. The van der Waals surface area contributed by atoms with Crippen molar-refractivity contribution in [2.45, 2.75) is 52.1 Å². The molecule has 0 aromatic carbocycles. The molecular formula is C12H24N2O. The van der Waals surface area contributed by atoms with Crippen molar-refractivity contribution < 1.29 is 4.79 Å². The van der Waals surface area contributed by atoms with E-state index in [1.165, 1.54) is 19.3 Å². The van der Waals surface area contributed by atoms with Crippen LogP contribution in [0.1, 0.15) is 40.0 Å². The lowest BCUT2D eigenvalue weighted by atomic mass is 10.2. The van der Waals surface area contributed by atoms with Crippen LogP contribution in [0.5, 0.6) is 0 Å². The second-order valence-electron chi connectivity index (χ2n) is 4.87. The van der Waals surface area contributed by atoms with Crippen LogP contribution in [0.4, 0.5) is 0 Å². The SMILES string of the molecule is CCCC1CC1NCC(=O)N(C)C(C)C. The van der Waals surface area contributed by atoms with Gasteiger partial charge in [0.25, 0.3) is 0 Å². The average molecular weight is 212 g/mol. The zero-order valence-corrected chi connectivity index (χ0v) is 10.4. The smallest absolute Gasteiger partial charge is 0.236 e. The van der Waals surface area contributed by atoms with Gasteiger partial charge in [-0.2, -0.15) is 0 Å². The Morgan fingerprint density at radius 3 is 2.73 bits per heavy atom. The molecule has 0 spiro atoms. The molecule has 1 fully saturated rings. The summed E-state index contributed by atoms with van der Waals surface area (Å²) in [5.41, 5.74) is 0. The van der Waals surface area contributed by atoms with Crippen LogP contribution in [-0.2, 0) is 4.79 Å². The molecular weight excluding hydrogens is 188 g/mol. The fourth-order valence-electron chi connectivity index (χ4n) is 1.82. The van der Waals surface area contributed by atoms with E-state index in [9.17, 15) is 4.79 Å². The van der Waals surface area contributed by atoms with Crippen LogP contribution in [-0.4, -0.2) is 36.5 Å². The van der Waals surface area contributed by atoms with Gasteiger partial charge in [0.15, 0.2) is 0 Å². The maximum Gasteiger partial charge on any atom is 0.236 e. The Morgan fingerprint density at radius 1 is 1.53 bits per heavy atom. The fraction of sp³-hybridized carbons (Fsp3) is 0.917. The number of nitrogens with zero attached hydrogens (tertiary/aromatic N) is 1. The third kappa shape index (κ3) is 3.82. The van der Waals surface area contributed by atoms with E-state index in [1.54, 1.807) is 4.90 Å². The Balaban J connectivity index is 2.13. The van der Waals surface area contributed by atoms with Crippen molar-refractivity contribution in [3.05, 3.63) is 0 Å². The summed E-state index contributed by atoms with van der Waals surface area (Å²) in [5.74, 6) is 1.03. The van der Waals surface area contributed by atoms with E-state index in [4.69, 9.17) is 0 Å². The summed E-state index contributed by atoms with van der Waals surface area (Å²) in [6.07, 6.45) is 3.81. The molecule has 1 aliphatic carbocycles. The van der Waals surface area contributed by atoms with Gasteiger partial charge in [-0.05, 0) is 32.6 Å². The van der Waals surface area contributed by atoms with Crippen LogP contribution < -0.4 is 5.32 Å². The molecule has 0 saturated heterocycles. The molecule has 1 saturated carbocycles. The quantitative estimate of drug-likeness (QED) is 0.726. The van der Waals surface area contributed by atoms with E-state index in [2.05, 4.69) is 12.2 Å². The standard InChI is InChI=1S/C12H24N2O/c1-5-6-10-7-11(10)13-8-12(15)14(4)9(2)3/h9-11,13H,5-8H2,1-4H3. The summed E-state index contributed by atoms with van der Waals surface area (Å²) in [4.78, 5) is 13.4. The van der Waals surface area contributed by atoms with E-state index >= 15 is 0 Å². The highest BCUT2D eigenvalue weighted by atomic mass is 16.2. The van der Waals surface area contributed by atoms with Gasteiger partial charge in [-0.1, -0.05) is 13.3 Å². The van der Waals surface area contributed by atoms with E-state index in [0.717, 1.165) is 5.92 Å². The fourth-order valence-corrected chi connectivity index (χ4v) is 1.82. The van der Waals surface area contributed by atoms with E-state index in [0.29, 0.717) is 18.6 Å². The summed E-state index contributed by atoms with van der Waals surface area (Å²) in [5, 5.41) is 3.34. The molecule has 0 aromatic heterocycles. The highest BCUT2D eigenvalue weighted by Gasteiger charge is 2.35. The van der Waals surface area contributed by atoms with Gasteiger partial charge in [0.2, 0.25) is 5.91 Å². The van der Waals surface area contributed by atoms with Crippen molar-refractivity contribution in [1.82, 2.24) is 10.2 Å². The van der Waals surface area contributed by atoms with Crippen molar-refractivity contribution in [1.29, 1.82) is 0 Å². The van der Waals surface area contributed by atoms with Gasteiger partial charge in [0, 0.05) is 19.1 Å². The lowest BCUT2D eigenvalue weighted by Crippen LogP contribution is -2.40. The third-order valence-electron chi connectivity index (χ3n) is 3.27. The van der Waals surface area contributed by atoms with Gasteiger partial charge in [-0.25, -0.2) is 0 Å². The molecule has 2 atom stereocenters. The van der Waals surface area contributed by atoms with Crippen LogP contribution >= 0.6 is 0 Å². The molecule has 15 heavy (non-hydrogen) atoms. The van der Waals surface area contributed by atoms with Crippen molar-refractivity contribution in [3.63, 3.8) is 0 Å². The van der Waals surface area contributed by atoms with Gasteiger partial charge in [-0.3, -0.25) is 4.79 Å². The highest BCUT2D eigenvalue weighted by molar-refractivity contribution is 5.78. The molecule has 1 rings (SSSR count). The number of likely N-dealkylation sites (N-methyl/N-ethyl adjacent to an activating group) is 1. The van der Waals surface area contributed by atoms with Crippen LogP contribution in [0.15, 0.2) is 0 Å². The van der Waals surface area contributed by atoms with Gasteiger partial charge in [-0.15, -0.1) is 0 Å². The summed E-state index contributed by atoms with van der Waals surface area (Å²) in [7, 11) is 1.87. The molecule has 2 unspecified atom stereocenters. The van der Waals surface area contributed by atoms with Gasteiger partial charge in [0.05, 0.1) is 6.54 Å². The summed E-state index contributed by atoms with van der Waals surface area (Å²) in [6, 6.07) is 0.902. The lowest BCUT2D eigenvalue weighted by Gasteiger charge is -2.21. The minimum Gasteiger partial charge on any atom is -0.342 e. The van der Waals surface area contributed by atoms with Crippen LogP contribution in [0.2, 0.25) is 0 Å². The average Bonchev–Trinajstić information content (AvgIpc) is 2.92. The van der Waals surface area contributed by atoms with Gasteiger partial charge >= 0.3 is 0 Å². The number of hydrogen-bond acceptors (Lipinski definition) is 2. The first-order valence-electron chi connectivity index (χ1n) is 6.05. The first-order valence-corrected chi connectivity index (χ1v) is 6.05. The Labute approximate surface area is 93.2 Å². The molecule has 0 radical (unpaired) electrons. The first-order chi connectivity index (χ1) is 7.06. The topological polar surface area (TPSA) is 32.3 Å². The number of hydrogen-bond donors (Lipinski definition) is 1. The largest absolute Gasteiger partial charge is 0.342 e. The van der Waals surface area contributed by atoms with E-state index in [1.807, 2.05) is 20.9 Å². The second kappa shape index (κ2) is 5.50. The van der Waals surface area contributed by atoms with Crippen molar-refractivity contribution in [3.8, 4) is 0 Å². The monoisotopic (exact) mass is 212 g/mol. The minimum absolute atomic E-state index is 0.201. The van der Waals surface area contributed by atoms with E-state index in [-0.39, 0.29) is 5.91 Å². The Kier molecular flexibility index (Phi) is 4.58. The maximum atomic E-state index is 11.6. The molecule has 0 aromatic rings. The van der Waals surface area contributed by atoms with Crippen molar-refractivity contribution >= 4 is 5.91 Å². The Morgan fingerprint density at radius 2 is 2.20 bits per heavy atom. The molecule has 3 heteroatoms. The molecule has 1 aliphatic rings. The zero-order chi connectivity index (χ0) is 11.4. The lowest BCUT2D eigenvalue weighted by molar-refractivity contribution is -0.130. The van der Waals surface area contributed by atoms with Crippen LogP contribution in [0.25, 0.3) is 0 Å². The normalized spacial score (nSPS) is 24.3. The molecule has 0 bridgehead atoms. The number of amides is 1. The first kappa shape index (κ1) is 12.5. The van der Waals surface area contributed by atoms with Crippen LogP contribution in [0.3, 0.4) is 0 Å². The van der Waals surface area contributed by atoms with E-state index < -0.39 is 0 Å². The van der Waals surface area contributed by atoms with Gasteiger partial charge in [0.1, 0.15) is 0 Å².